The Labute approximate surface area is 167 Å². The number of nitrogen functional groups attached to an aromatic ring is 1. The fourth-order valence-corrected chi connectivity index (χ4v) is 3.85. The minimum absolute atomic E-state index is 0.306. The Balaban J connectivity index is 0.000000166. The fraction of sp³-hybridized carbons (Fsp3) is 0. The van der Waals surface area contributed by atoms with Gasteiger partial charge in [-0.25, -0.2) is 0 Å². The number of fused-ring (bicyclic) bond motifs is 2. The van der Waals surface area contributed by atoms with Gasteiger partial charge in [0.2, 0.25) is 0 Å². The van der Waals surface area contributed by atoms with Crippen LogP contribution in [0.2, 0.25) is 0 Å². The van der Waals surface area contributed by atoms with Crippen LogP contribution < -0.4 is 11.3 Å². The van der Waals surface area contributed by atoms with Crippen LogP contribution in [0.1, 0.15) is 10.4 Å². The van der Waals surface area contributed by atoms with E-state index in [4.69, 9.17) is 10.4 Å². The van der Waals surface area contributed by atoms with Gasteiger partial charge in [-0.1, -0.05) is 60.7 Å². The van der Waals surface area contributed by atoms with Crippen LogP contribution in [0.3, 0.4) is 0 Å². The smallest absolute Gasteiger partial charge is 0.298 e. The summed E-state index contributed by atoms with van der Waals surface area (Å²) in [4.78, 5) is 10.3. The van der Waals surface area contributed by atoms with Crippen LogP contribution in [-0.4, -0.2) is 24.4 Å². The third kappa shape index (κ3) is 4.19. The number of phenols is 1. The molecule has 148 valence electrons. The van der Waals surface area contributed by atoms with Gasteiger partial charge in [-0.05, 0) is 22.9 Å². The van der Waals surface area contributed by atoms with Gasteiger partial charge in [0.05, 0.1) is 5.69 Å². The number of phenolic OH excluding ortho intramolecular Hbond substituents is 1. The van der Waals surface area contributed by atoms with Crippen LogP contribution >= 0.6 is 0 Å². The summed E-state index contributed by atoms with van der Waals surface area (Å²) in [7, 11) is -4.41. The van der Waals surface area contributed by atoms with Gasteiger partial charge in [-0.15, -0.1) is 0 Å². The zero-order chi connectivity index (χ0) is 21.0. The van der Waals surface area contributed by atoms with Crippen LogP contribution in [0.25, 0.3) is 21.5 Å². The molecule has 0 heterocycles. The van der Waals surface area contributed by atoms with Crippen molar-refractivity contribution in [2.75, 3.05) is 5.43 Å². The topological polar surface area (TPSA) is 130 Å². The Kier molecular flexibility index (Phi) is 5.79. The first-order chi connectivity index (χ1) is 13.9. The molecule has 8 heteroatoms. The first-order valence-corrected chi connectivity index (χ1v) is 9.92. The Bertz CT molecular complexity index is 1300. The second-order valence-corrected chi connectivity index (χ2v) is 7.48. The molecule has 0 aliphatic heterocycles. The standard InChI is InChI=1S/C11H10N2O.C10H8O4S/c12-13-11-9(7-14)6-5-8-3-1-2-4-10(8)11;11-9-6-5-7-3-1-2-4-8(7)10(9)15(12,13)14/h1-7,13H,12H2;1-6,11H,(H,12,13,14). The van der Waals surface area contributed by atoms with Crippen molar-refractivity contribution >= 4 is 43.6 Å². The molecule has 0 atom stereocenters. The van der Waals surface area contributed by atoms with Gasteiger partial charge in [0.15, 0.2) is 6.29 Å². The highest BCUT2D eigenvalue weighted by molar-refractivity contribution is 7.86. The number of rotatable bonds is 3. The lowest BCUT2D eigenvalue weighted by Crippen LogP contribution is -2.09. The van der Waals surface area contributed by atoms with Crippen LogP contribution in [0.15, 0.2) is 77.7 Å². The van der Waals surface area contributed by atoms with Crippen molar-refractivity contribution < 1.29 is 22.9 Å². The second-order valence-electron chi connectivity index (χ2n) is 6.12. The normalized spacial score (nSPS) is 11.0. The molecule has 0 bridgehead atoms. The van der Waals surface area contributed by atoms with E-state index in [1.54, 1.807) is 30.3 Å². The number of benzene rings is 4. The maximum absolute atomic E-state index is 11.1. The molecular formula is C21H18N2O5S. The minimum atomic E-state index is -4.41. The lowest BCUT2D eigenvalue weighted by molar-refractivity contribution is 0.112. The summed E-state index contributed by atoms with van der Waals surface area (Å²) in [5.74, 6) is 4.94. The Morgan fingerprint density at radius 1 is 0.828 bits per heavy atom. The van der Waals surface area contributed by atoms with Crippen molar-refractivity contribution in [3.63, 3.8) is 0 Å². The fourth-order valence-electron chi connectivity index (χ4n) is 3.05. The molecule has 0 aliphatic rings. The monoisotopic (exact) mass is 410 g/mol. The Hall–Kier alpha value is -3.46. The van der Waals surface area contributed by atoms with E-state index in [1.165, 1.54) is 12.1 Å². The van der Waals surface area contributed by atoms with E-state index in [9.17, 15) is 18.3 Å². The first kappa shape index (κ1) is 20.3. The highest BCUT2D eigenvalue weighted by Crippen LogP contribution is 2.30. The number of nitrogens with two attached hydrogens (primary N) is 1. The zero-order valence-electron chi connectivity index (χ0n) is 15.1. The summed E-state index contributed by atoms with van der Waals surface area (Å²) in [6.07, 6.45) is 0.793. The van der Waals surface area contributed by atoms with Crippen molar-refractivity contribution in [2.45, 2.75) is 4.90 Å². The maximum Gasteiger partial charge on any atom is 0.298 e. The summed E-state index contributed by atoms with van der Waals surface area (Å²) in [6.45, 7) is 0. The number of carbonyl (C=O) groups is 1. The van der Waals surface area contributed by atoms with Crippen LogP contribution in [-0.2, 0) is 10.1 Å². The average Bonchev–Trinajstić information content (AvgIpc) is 2.72. The molecule has 0 saturated carbocycles. The molecule has 0 aliphatic carbocycles. The number of anilines is 1. The van der Waals surface area contributed by atoms with Gasteiger partial charge >= 0.3 is 0 Å². The quantitative estimate of drug-likeness (QED) is 0.175. The minimum Gasteiger partial charge on any atom is -0.506 e. The summed E-state index contributed by atoms with van der Waals surface area (Å²) < 4.78 is 31.1. The third-order valence-corrected chi connectivity index (χ3v) is 5.29. The largest absolute Gasteiger partial charge is 0.506 e. The summed E-state index contributed by atoms with van der Waals surface area (Å²) >= 11 is 0. The number of aromatic hydroxyl groups is 1. The van der Waals surface area contributed by atoms with E-state index in [0.717, 1.165) is 17.1 Å². The third-order valence-electron chi connectivity index (χ3n) is 4.35. The first-order valence-electron chi connectivity index (χ1n) is 8.48. The van der Waals surface area contributed by atoms with E-state index in [0.29, 0.717) is 22.0 Å². The van der Waals surface area contributed by atoms with E-state index in [-0.39, 0.29) is 0 Å². The molecule has 29 heavy (non-hydrogen) atoms. The highest BCUT2D eigenvalue weighted by atomic mass is 32.2. The molecule has 0 spiro atoms. The summed E-state index contributed by atoms with van der Waals surface area (Å²) in [5, 5.41) is 12.4. The van der Waals surface area contributed by atoms with Crippen molar-refractivity contribution in [3.8, 4) is 5.75 Å². The number of hydrazine groups is 1. The van der Waals surface area contributed by atoms with Gasteiger partial charge < -0.3 is 10.5 Å². The molecule has 4 rings (SSSR count). The van der Waals surface area contributed by atoms with E-state index < -0.39 is 20.8 Å². The SMILES string of the molecule is NNc1c(C=O)ccc2ccccc12.O=S(=O)(O)c1c(O)ccc2ccccc12. The highest BCUT2D eigenvalue weighted by Gasteiger charge is 2.18. The predicted molar refractivity (Wildman–Crippen MR) is 113 cm³/mol. The van der Waals surface area contributed by atoms with Crippen molar-refractivity contribution in [1.29, 1.82) is 0 Å². The number of aldehydes is 1. The molecule has 4 aromatic rings. The summed E-state index contributed by atoms with van der Waals surface area (Å²) in [6, 6.07) is 20.9. The summed E-state index contributed by atoms with van der Waals surface area (Å²) in [5.41, 5.74) is 3.81. The van der Waals surface area contributed by atoms with E-state index in [2.05, 4.69) is 5.43 Å². The van der Waals surface area contributed by atoms with Gasteiger partial charge in [-0.3, -0.25) is 15.2 Å². The van der Waals surface area contributed by atoms with Crippen LogP contribution in [0.5, 0.6) is 5.75 Å². The molecule has 0 amide bonds. The second kappa shape index (κ2) is 8.27. The van der Waals surface area contributed by atoms with Crippen molar-refractivity contribution in [2.24, 2.45) is 5.84 Å². The predicted octanol–water partition coefficient (Wildman–Crippen LogP) is 3.73. The zero-order valence-corrected chi connectivity index (χ0v) is 15.9. The number of hydrogen-bond donors (Lipinski definition) is 4. The molecule has 4 aromatic carbocycles. The molecule has 7 nitrogen and oxygen atoms in total. The van der Waals surface area contributed by atoms with Crippen LogP contribution in [0.4, 0.5) is 5.69 Å². The van der Waals surface area contributed by atoms with Crippen LogP contribution in [0, 0.1) is 0 Å². The molecule has 0 unspecified atom stereocenters. The molecule has 5 N–H and O–H groups in total. The molecule has 0 aromatic heterocycles. The number of hydrogen-bond acceptors (Lipinski definition) is 6. The van der Waals surface area contributed by atoms with E-state index in [1.807, 2.05) is 30.3 Å². The Morgan fingerprint density at radius 3 is 1.97 bits per heavy atom. The Morgan fingerprint density at radius 2 is 1.38 bits per heavy atom. The van der Waals surface area contributed by atoms with Gasteiger partial charge in [0.1, 0.15) is 10.6 Å². The average molecular weight is 410 g/mol. The number of carbonyl (C=O) groups excluding carboxylic acids is 1. The molecule has 0 radical (unpaired) electrons. The van der Waals surface area contributed by atoms with Gasteiger partial charge in [0.25, 0.3) is 10.1 Å². The maximum atomic E-state index is 11.1. The number of nitrogens with one attached hydrogen (secondary N) is 1. The van der Waals surface area contributed by atoms with Gasteiger partial charge in [-0.2, -0.15) is 8.42 Å². The van der Waals surface area contributed by atoms with Crippen molar-refractivity contribution in [3.05, 3.63) is 78.4 Å². The lowest BCUT2D eigenvalue weighted by Gasteiger charge is -2.07. The lowest BCUT2D eigenvalue weighted by atomic mass is 10.1. The van der Waals surface area contributed by atoms with Crippen molar-refractivity contribution in [1.82, 2.24) is 0 Å². The van der Waals surface area contributed by atoms with Gasteiger partial charge in [0, 0.05) is 16.3 Å². The molecule has 0 saturated heterocycles. The molecular weight excluding hydrogens is 392 g/mol. The van der Waals surface area contributed by atoms with E-state index >= 15 is 0 Å². The molecule has 0 fully saturated rings.